The van der Waals surface area contributed by atoms with Crippen LogP contribution in [0.25, 0.3) is 11.1 Å². The molecule has 0 aromatic carbocycles. The summed E-state index contributed by atoms with van der Waals surface area (Å²) in [6.07, 6.45) is 16.0. The standard InChI is InChI=1S/C39H53N7O4/c1-37(2,3)46-23-29(21-42-46)28-12-19-40-34(20-28)45(35(48)27-6-9-32(10-7-27)50-36(49)44-24-31(47)25-44)26-38-13-16-39(17-14-38,18-15-38)30-8-11-33(41-22-30)43(4)5/h8,11-12,19-23,27,31-32,47H,6-7,9-10,13-18,24-26H2,1-5H3. The van der Waals surface area contributed by atoms with Gasteiger partial charge in [0.15, 0.2) is 0 Å². The average Bonchev–Trinajstić information content (AvgIpc) is 3.62. The van der Waals surface area contributed by atoms with Gasteiger partial charge in [0.2, 0.25) is 5.91 Å². The molecule has 11 heteroatoms. The molecule has 2 bridgehead atoms. The second-order valence-electron chi connectivity index (χ2n) is 16.7. The SMILES string of the molecule is CN(C)c1ccc(C23CCC(CN(C(=O)C4CCC(OC(=O)N5CC(O)C5)CC4)c4cc(-c5cnn(C(C)(C)C)c5)ccn4)(CC2)CC3)cn1. The molecule has 4 aliphatic carbocycles. The molecule has 0 atom stereocenters. The smallest absolute Gasteiger partial charge is 0.410 e. The first-order valence-corrected chi connectivity index (χ1v) is 18.4. The van der Waals surface area contributed by atoms with E-state index >= 15 is 0 Å². The molecule has 5 fully saturated rings. The van der Waals surface area contributed by atoms with Gasteiger partial charge >= 0.3 is 6.09 Å². The molecule has 8 rings (SSSR count). The van der Waals surface area contributed by atoms with Crippen molar-refractivity contribution in [1.82, 2.24) is 24.6 Å². The van der Waals surface area contributed by atoms with Crippen LogP contribution in [-0.4, -0.2) is 87.7 Å². The topological polar surface area (TPSA) is 117 Å². The number of likely N-dealkylation sites (tertiary alicyclic amines) is 1. The van der Waals surface area contributed by atoms with Gasteiger partial charge in [0, 0.05) is 50.7 Å². The molecule has 50 heavy (non-hydrogen) atoms. The van der Waals surface area contributed by atoms with Crippen LogP contribution in [0, 0.1) is 11.3 Å². The van der Waals surface area contributed by atoms with Crippen molar-refractivity contribution in [1.29, 1.82) is 0 Å². The predicted molar refractivity (Wildman–Crippen MR) is 193 cm³/mol. The molecular weight excluding hydrogens is 630 g/mol. The van der Waals surface area contributed by atoms with E-state index in [2.05, 4.69) is 56.5 Å². The summed E-state index contributed by atoms with van der Waals surface area (Å²) in [4.78, 5) is 42.3. The number of pyridine rings is 2. The van der Waals surface area contributed by atoms with E-state index < -0.39 is 6.10 Å². The fourth-order valence-corrected chi connectivity index (χ4v) is 8.56. The first kappa shape index (κ1) is 34.5. The number of rotatable bonds is 8. The zero-order valence-electron chi connectivity index (χ0n) is 30.3. The molecule has 1 aliphatic heterocycles. The summed E-state index contributed by atoms with van der Waals surface area (Å²) in [6.45, 7) is 7.70. The minimum atomic E-state index is -0.459. The van der Waals surface area contributed by atoms with Crippen molar-refractivity contribution in [2.24, 2.45) is 11.3 Å². The highest BCUT2D eigenvalue weighted by Gasteiger charge is 2.51. The van der Waals surface area contributed by atoms with Crippen LogP contribution in [0.3, 0.4) is 0 Å². The molecule has 268 valence electrons. The van der Waals surface area contributed by atoms with Crippen molar-refractivity contribution in [2.45, 2.75) is 108 Å². The summed E-state index contributed by atoms with van der Waals surface area (Å²) < 4.78 is 7.73. The van der Waals surface area contributed by atoms with Crippen molar-refractivity contribution < 1.29 is 19.4 Å². The quantitative estimate of drug-likeness (QED) is 0.300. The molecule has 1 N–H and O–H groups in total. The number of amides is 2. The van der Waals surface area contributed by atoms with Gasteiger partial charge in [-0.1, -0.05) is 6.07 Å². The number of anilines is 2. The van der Waals surface area contributed by atoms with Gasteiger partial charge in [0.05, 0.1) is 30.9 Å². The highest BCUT2D eigenvalue weighted by molar-refractivity contribution is 5.95. The highest BCUT2D eigenvalue weighted by atomic mass is 16.6. The number of aliphatic hydroxyl groups is 1. The Morgan fingerprint density at radius 1 is 0.920 bits per heavy atom. The molecule has 2 amide bonds. The van der Waals surface area contributed by atoms with E-state index in [1.165, 1.54) is 10.5 Å². The lowest BCUT2D eigenvalue weighted by Gasteiger charge is -2.55. The number of aromatic nitrogens is 4. The van der Waals surface area contributed by atoms with Crippen LogP contribution < -0.4 is 9.80 Å². The molecular formula is C39H53N7O4. The Labute approximate surface area is 296 Å². The zero-order valence-corrected chi connectivity index (χ0v) is 30.3. The molecule has 3 aromatic heterocycles. The van der Waals surface area contributed by atoms with Gasteiger partial charge in [0.1, 0.15) is 17.7 Å². The lowest BCUT2D eigenvalue weighted by molar-refractivity contribution is -0.124. The van der Waals surface area contributed by atoms with Gasteiger partial charge in [-0.3, -0.25) is 14.4 Å². The van der Waals surface area contributed by atoms with Crippen LogP contribution in [-0.2, 0) is 20.5 Å². The molecule has 0 spiro atoms. The van der Waals surface area contributed by atoms with Crippen LogP contribution in [0.4, 0.5) is 16.4 Å². The Morgan fingerprint density at radius 2 is 1.62 bits per heavy atom. The van der Waals surface area contributed by atoms with Crippen molar-refractivity contribution in [3.05, 3.63) is 54.6 Å². The second-order valence-corrected chi connectivity index (χ2v) is 16.7. The Hall–Kier alpha value is -3.99. The maximum Gasteiger partial charge on any atom is 0.410 e. The van der Waals surface area contributed by atoms with E-state index in [4.69, 9.17) is 14.7 Å². The van der Waals surface area contributed by atoms with Gasteiger partial charge in [-0.05, 0) is 125 Å². The van der Waals surface area contributed by atoms with E-state index in [9.17, 15) is 14.7 Å². The summed E-state index contributed by atoms with van der Waals surface area (Å²) in [5.74, 6) is 1.63. The van der Waals surface area contributed by atoms with Crippen molar-refractivity contribution in [2.75, 3.05) is 43.5 Å². The van der Waals surface area contributed by atoms with Gasteiger partial charge in [-0.15, -0.1) is 0 Å². The number of hydrogen-bond donors (Lipinski definition) is 1. The molecule has 5 aliphatic rings. The Morgan fingerprint density at radius 3 is 2.20 bits per heavy atom. The maximum atomic E-state index is 14.6. The summed E-state index contributed by atoms with van der Waals surface area (Å²) in [7, 11) is 4.04. The molecule has 4 heterocycles. The number of fused-ring (bicyclic) bond motifs is 3. The lowest BCUT2D eigenvalue weighted by Crippen LogP contribution is -2.54. The van der Waals surface area contributed by atoms with Gasteiger partial charge < -0.3 is 19.6 Å². The highest BCUT2D eigenvalue weighted by Crippen LogP contribution is 2.58. The monoisotopic (exact) mass is 683 g/mol. The summed E-state index contributed by atoms with van der Waals surface area (Å²) in [5.41, 5.74) is 3.40. The zero-order chi connectivity index (χ0) is 35.3. The van der Waals surface area contributed by atoms with Gasteiger partial charge in [0.25, 0.3) is 0 Å². The number of nitrogens with zero attached hydrogens (tertiary/aromatic N) is 7. The molecule has 3 aromatic rings. The van der Waals surface area contributed by atoms with E-state index in [1.54, 1.807) is 0 Å². The maximum absolute atomic E-state index is 14.6. The van der Waals surface area contributed by atoms with Crippen molar-refractivity contribution in [3.63, 3.8) is 0 Å². The van der Waals surface area contributed by atoms with Crippen molar-refractivity contribution >= 4 is 23.6 Å². The number of β-amino-alcohol motifs (C(OH)–C–C–N with tert-alkyl or cyclic N) is 1. The third-order valence-corrected chi connectivity index (χ3v) is 12.0. The lowest BCUT2D eigenvalue weighted by atomic mass is 9.52. The fourth-order valence-electron chi connectivity index (χ4n) is 8.56. The number of ether oxygens (including phenoxy) is 1. The summed E-state index contributed by atoms with van der Waals surface area (Å²) in [6, 6.07) is 8.46. The Kier molecular flexibility index (Phi) is 9.16. The van der Waals surface area contributed by atoms with Crippen LogP contribution >= 0.6 is 0 Å². The fraction of sp³-hybridized carbons (Fsp3) is 0.615. The third kappa shape index (κ3) is 6.85. The van der Waals surface area contributed by atoms with Crippen LogP contribution in [0.5, 0.6) is 0 Å². The molecule has 0 unspecified atom stereocenters. The van der Waals surface area contributed by atoms with E-state index in [1.807, 2.05) is 47.0 Å². The van der Waals surface area contributed by atoms with Gasteiger partial charge in [-0.25, -0.2) is 14.8 Å². The average molecular weight is 684 g/mol. The Bertz CT molecular complexity index is 1660. The van der Waals surface area contributed by atoms with Crippen molar-refractivity contribution in [3.8, 4) is 11.1 Å². The predicted octanol–water partition coefficient (Wildman–Crippen LogP) is 6.16. The Balaban J connectivity index is 1.10. The third-order valence-electron chi connectivity index (χ3n) is 12.0. The van der Waals surface area contributed by atoms with Crippen LogP contribution in [0.2, 0.25) is 0 Å². The van der Waals surface area contributed by atoms with E-state index in [-0.39, 0.29) is 40.4 Å². The molecule has 0 radical (unpaired) electrons. The summed E-state index contributed by atoms with van der Waals surface area (Å²) >= 11 is 0. The summed E-state index contributed by atoms with van der Waals surface area (Å²) in [5, 5.41) is 14.2. The number of carbonyl (C=O) groups is 2. The van der Waals surface area contributed by atoms with E-state index in [0.29, 0.717) is 51.1 Å². The first-order chi connectivity index (χ1) is 23.8. The number of carbonyl (C=O) groups excluding carboxylic acids is 2. The second kappa shape index (κ2) is 13.3. The first-order valence-electron chi connectivity index (χ1n) is 18.4. The van der Waals surface area contributed by atoms with Gasteiger partial charge in [-0.2, -0.15) is 5.10 Å². The molecule has 11 nitrogen and oxygen atoms in total. The van der Waals surface area contributed by atoms with E-state index in [0.717, 1.165) is 55.5 Å². The largest absolute Gasteiger partial charge is 0.446 e. The minimum absolute atomic E-state index is 0.0394. The van der Waals surface area contributed by atoms with Crippen LogP contribution in [0.1, 0.15) is 90.5 Å². The van der Waals surface area contributed by atoms with Crippen LogP contribution in [0.15, 0.2) is 49.1 Å². The molecule has 1 saturated heterocycles. The molecule has 4 saturated carbocycles. The number of aliphatic hydroxyl groups excluding tert-OH is 1. The number of hydrogen-bond acceptors (Lipinski definition) is 8. The normalized spacial score (nSPS) is 26.7. The minimum Gasteiger partial charge on any atom is -0.446 e.